The van der Waals surface area contributed by atoms with Crippen molar-refractivity contribution in [3.05, 3.63) is 34.2 Å². The summed E-state index contributed by atoms with van der Waals surface area (Å²) < 4.78 is 40.7. The summed E-state index contributed by atoms with van der Waals surface area (Å²) in [6, 6.07) is 0.828. The molecule has 0 aromatic carbocycles. The molecule has 0 radical (unpaired) electrons. The van der Waals surface area contributed by atoms with Gasteiger partial charge in [-0.2, -0.15) is 13.2 Å². The van der Waals surface area contributed by atoms with Crippen LogP contribution in [0.2, 0.25) is 5.02 Å². The van der Waals surface area contributed by atoms with E-state index >= 15 is 0 Å². The van der Waals surface area contributed by atoms with Gasteiger partial charge in [0, 0.05) is 11.7 Å². The molecule has 2 aromatic heterocycles. The molecule has 1 amide bonds. The summed E-state index contributed by atoms with van der Waals surface area (Å²) in [7, 11) is 0. The number of nitrogens with one attached hydrogen (secondary N) is 1. The van der Waals surface area contributed by atoms with E-state index in [2.05, 4.69) is 31.1 Å². The SMILES string of the molecule is CCc1nc2c(Cl)cc(C(F)(F)F)cn2c1C(=O)NC(C)(C)CC(C)(C)C. The molecule has 2 rings (SSSR count). The minimum Gasteiger partial charge on any atom is -0.346 e. The Labute approximate surface area is 162 Å². The van der Waals surface area contributed by atoms with Gasteiger partial charge in [-0.05, 0) is 38.2 Å². The topological polar surface area (TPSA) is 46.4 Å². The first kappa shape index (κ1) is 21.5. The van der Waals surface area contributed by atoms with E-state index in [0.717, 1.165) is 16.7 Å². The number of carbonyl (C=O) groups is 1. The number of pyridine rings is 1. The molecule has 2 aromatic rings. The van der Waals surface area contributed by atoms with Crippen LogP contribution in [0, 0.1) is 5.41 Å². The van der Waals surface area contributed by atoms with Crippen LogP contribution in [-0.4, -0.2) is 20.8 Å². The smallest absolute Gasteiger partial charge is 0.346 e. The van der Waals surface area contributed by atoms with Crippen molar-refractivity contribution in [3.8, 4) is 0 Å². The van der Waals surface area contributed by atoms with E-state index in [0.29, 0.717) is 18.5 Å². The maximum absolute atomic E-state index is 13.2. The average molecular weight is 404 g/mol. The lowest BCUT2D eigenvalue weighted by Crippen LogP contribution is -2.46. The third-order valence-electron chi connectivity index (χ3n) is 4.05. The minimum atomic E-state index is -4.58. The summed E-state index contributed by atoms with van der Waals surface area (Å²) in [6.07, 6.45) is -2.62. The van der Waals surface area contributed by atoms with Crippen molar-refractivity contribution < 1.29 is 18.0 Å². The largest absolute Gasteiger partial charge is 0.417 e. The number of halogens is 4. The third kappa shape index (κ3) is 4.94. The Morgan fingerprint density at radius 2 is 1.81 bits per heavy atom. The van der Waals surface area contributed by atoms with Gasteiger partial charge in [0.1, 0.15) is 5.69 Å². The molecule has 0 spiro atoms. The Balaban J connectivity index is 2.56. The third-order valence-corrected chi connectivity index (χ3v) is 4.33. The van der Waals surface area contributed by atoms with Crippen LogP contribution in [0.25, 0.3) is 5.65 Å². The van der Waals surface area contributed by atoms with Gasteiger partial charge in [0.25, 0.3) is 5.91 Å². The first-order valence-corrected chi connectivity index (χ1v) is 9.12. The number of rotatable bonds is 4. The fourth-order valence-electron chi connectivity index (χ4n) is 3.53. The maximum Gasteiger partial charge on any atom is 0.417 e. The highest BCUT2D eigenvalue weighted by Gasteiger charge is 2.34. The van der Waals surface area contributed by atoms with E-state index in [4.69, 9.17) is 11.6 Å². The second-order valence-corrected chi connectivity index (χ2v) is 9.01. The summed E-state index contributed by atoms with van der Waals surface area (Å²) in [5.41, 5.74) is -0.877. The van der Waals surface area contributed by atoms with E-state index in [-0.39, 0.29) is 21.8 Å². The standard InChI is InChI=1S/C19H25ClF3N3O/c1-7-13-14(16(27)25-18(5,6)10-17(2,3)4)26-9-11(19(21,22)23)8-12(20)15(26)24-13/h8-9H,7,10H2,1-6H3,(H,25,27). The van der Waals surface area contributed by atoms with Crippen molar-refractivity contribution in [3.63, 3.8) is 0 Å². The average Bonchev–Trinajstić information content (AvgIpc) is 2.82. The predicted octanol–water partition coefficient (Wildman–Crippen LogP) is 5.51. The number of fused-ring (bicyclic) bond motifs is 1. The summed E-state index contributed by atoms with van der Waals surface area (Å²) in [5.74, 6) is -0.469. The second kappa shape index (κ2) is 7.00. The van der Waals surface area contributed by atoms with E-state index in [1.807, 2.05) is 13.8 Å². The molecule has 2 heterocycles. The molecule has 8 heteroatoms. The Morgan fingerprint density at radius 1 is 1.22 bits per heavy atom. The fraction of sp³-hybridized carbons (Fsp3) is 0.579. The highest BCUT2D eigenvalue weighted by atomic mass is 35.5. The van der Waals surface area contributed by atoms with Crippen molar-refractivity contribution in [2.45, 2.75) is 66.1 Å². The van der Waals surface area contributed by atoms with E-state index in [9.17, 15) is 18.0 Å². The molecule has 0 fully saturated rings. The quantitative estimate of drug-likeness (QED) is 0.731. The monoisotopic (exact) mass is 403 g/mol. The molecule has 0 atom stereocenters. The zero-order chi connectivity index (χ0) is 20.8. The number of hydrogen-bond acceptors (Lipinski definition) is 2. The Morgan fingerprint density at radius 3 is 2.30 bits per heavy atom. The molecule has 0 aliphatic heterocycles. The summed E-state index contributed by atoms with van der Waals surface area (Å²) in [6.45, 7) is 11.7. The minimum absolute atomic E-state index is 0.0311. The number of imidazole rings is 1. The van der Waals surface area contributed by atoms with Crippen molar-refractivity contribution in [2.75, 3.05) is 0 Å². The first-order valence-electron chi connectivity index (χ1n) is 8.75. The molecule has 0 bridgehead atoms. The summed E-state index contributed by atoms with van der Waals surface area (Å²) >= 11 is 6.02. The molecule has 0 aliphatic carbocycles. The fourth-order valence-corrected chi connectivity index (χ4v) is 3.78. The highest BCUT2D eigenvalue weighted by Crippen LogP contribution is 2.33. The van der Waals surface area contributed by atoms with Crippen molar-refractivity contribution in [2.24, 2.45) is 5.41 Å². The number of hydrogen-bond donors (Lipinski definition) is 1. The predicted molar refractivity (Wildman–Crippen MR) is 100 cm³/mol. The van der Waals surface area contributed by atoms with Crippen LogP contribution in [0.15, 0.2) is 12.3 Å². The highest BCUT2D eigenvalue weighted by molar-refractivity contribution is 6.33. The number of aryl methyl sites for hydroxylation is 1. The van der Waals surface area contributed by atoms with Crippen molar-refractivity contribution in [1.29, 1.82) is 0 Å². The Bertz CT molecular complexity index is 864. The molecule has 0 saturated heterocycles. The molecule has 150 valence electrons. The Hall–Kier alpha value is -1.76. The molecule has 0 unspecified atom stereocenters. The van der Waals surface area contributed by atoms with Gasteiger partial charge in [-0.25, -0.2) is 4.98 Å². The molecule has 27 heavy (non-hydrogen) atoms. The van der Waals surface area contributed by atoms with E-state index in [1.165, 1.54) is 0 Å². The zero-order valence-corrected chi connectivity index (χ0v) is 17.1. The Kier molecular flexibility index (Phi) is 5.59. The summed E-state index contributed by atoms with van der Waals surface area (Å²) in [5, 5.41) is 2.79. The molecule has 0 aliphatic rings. The lowest BCUT2D eigenvalue weighted by molar-refractivity contribution is -0.137. The van der Waals surface area contributed by atoms with Gasteiger partial charge < -0.3 is 5.32 Å². The van der Waals surface area contributed by atoms with Gasteiger partial charge in [-0.15, -0.1) is 0 Å². The van der Waals surface area contributed by atoms with Crippen LogP contribution in [0.4, 0.5) is 13.2 Å². The number of aromatic nitrogens is 2. The number of carbonyl (C=O) groups excluding carboxylic acids is 1. The lowest BCUT2D eigenvalue weighted by atomic mass is 9.82. The van der Waals surface area contributed by atoms with Gasteiger partial charge in [0.15, 0.2) is 5.65 Å². The van der Waals surface area contributed by atoms with Gasteiger partial charge in [0.2, 0.25) is 0 Å². The second-order valence-electron chi connectivity index (χ2n) is 8.60. The maximum atomic E-state index is 13.2. The number of nitrogens with zero attached hydrogens (tertiary/aromatic N) is 2. The van der Waals surface area contributed by atoms with Gasteiger partial charge in [-0.3, -0.25) is 9.20 Å². The van der Waals surface area contributed by atoms with Gasteiger partial charge in [-0.1, -0.05) is 39.3 Å². The van der Waals surface area contributed by atoms with Crippen LogP contribution in [0.1, 0.15) is 69.7 Å². The van der Waals surface area contributed by atoms with Crippen LogP contribution in [-0.2, 0) is 12.6 Å². The van der Waals surface area contributed by atoms with Crippen LogP contribution >= 0.6 is 11.6 Å². The van der Waals surface area contributed by atoms with Gasteiger partial charge in [0.05, 0.1) is 16.3 Å². The van der Waals surface area contributed by atoms with Gasteiger partial charge >= 0.3 is 6.18 Å². The number of alkyl halides is 3. The van der Waals surface area contributed by atoms with E-state index in [1.54, 1.807) is 6.92 Å². The normalized spacial score (nSPS) is 13.3. The first-order chi connectivity index (χ1) is 12.1. The molecule has 4 nitrogen and oxygen atoms in total. The number of amides is 1. The van der Waals surface area contributed by atoms with Crippen molar-refractivity contribution in [1.82, 2.24) is 14.7 Å². The van der Waals surface area contributed by atoms with Crippen LogP contribution in [0.5, 0.6) is 0 Å². The lowest BCUT2D eigenvalue weighted by Gasteiger charge is -2.33. The van der Waals surface area contributed by atoms with Crippen LogP contribution < -0.4 is 5.32 Å². The zero-order valence-electron chi connectivity index (χ0n) is 16.4. The summed E-state index contributed by atoms with van der Waals surface area (Å²) in [4.78, 5) is 17.3. The molecule has 1 N–H and O–H groups in total. The van der Waals surface area contributed by atoms with Crippen LogP contribution in [0.3, 0.4) is 0 Å². The molecular formula is C19H25ClF3N3O. The molecule has 0 saturated carbocycles. The molecular weight excluding hydrogens is 379 g/mol. The van der Waals surface area contributed by atoms with E-state index < -0.39 is 23.2 Å². The van der Waals surface area contributed by atoms with Crippen molar-refractivity contribution >= 4 is 23.2 Å².